The summed E-state index contributed by atoms with van der Waals surface area (Å²) in [6.07, 6.45) is 0. The molecular weight excluding hydrogens is 436 g/mol. The molecule has 2 aromatic carbocycles. The van der Waals surface area contributed by atoms with Gasteiger partial charge in [-0.25, -0.2) is 4.98 Å². The van der Waals surface area contributed by atoms with Gasteiger partial charge in [0.05, 0.1) is 11.3 Å². The van der Waals surface area contributed by atoms with Gasteiger partial charge in [0, 0.05) is 27.5 Å². The molecule has 4 aromatic rings. The first-order valence-corrected chi connectivity index (χ1v) is 9.88. The molecule has 0 saturated heterocycles. The Bertz CT molecular complexity index is 1140. The van der Waals surface area contributed by atoms with Crippen molar-refractivity contribution < 1.29 is 4.79 Å². The Morgan fingerprint density at radius 2 is 1.96 bits per heavy atom. The van der Waals surface area contributed by atoms with Gasteiger partial charge in [-0.3, -0.25) is 4.79 Å². The molecule has 0 atom stereocenters. The fourth-order valence-electron chi connectivity index (χ4n) is 2.73. The summed E-state index contributed by atoms with van der Waals surface area (Å²) in [5.41, 5.74) is 3.14. The Hall–Kier alpha value is -1.96. The predicted octanol–water partition coefficient (Wildman–Crippen LogP) is 4.91. The molecule has 0 aliphatic carbocycles. The molecular formula is C18H12BrClN4OS. The lowest BCUT2D eigenvalue weighted by Gasteiger charge is -2.01. The molecule has 0 bridgehead atoms. The summed E-state index contributed by atoms with van der Waals surface area (Å²) in [4.78, 5) is 16.9. The van der Waals surface area contributed by atoms with E-state index in [-0.39, 0.29) is 11.5 Å². The van der Waals surface area contributed by atoms with E-state index in [0.717, 1.165) is 26.5 Å². The highest BCUT2D eigenvalue weighted by atomic mass is 79.9. The van der Waals surface area contributed by atoms with Crippen LogP contribution in [0.5, 0.6) is 0 Å². The summed E-state index contributed by atoms with van der Waals surface area (Å²) >= 11 is 10.6. The maximum atomic E-state index is 12.3. The number of fused-ring (bicyclic) bond motifs is 3. The number of thioether (sulfide) groups is 1. The van der Waals surface area contributed by atoms with Gasteiger partial charge in [-0.1, -0.05) is 39.3 Å². The molecule has 0 fully saturated rings. The molecule has 130 valence electrons. The number of hydrogen-bond donors (Lipinski definition) is 0. The zero-order valence-electron chi connectivity index (χ0n) is 13.6. The molecule has 0 spiro atoms. The molecule has 0 unspecified atom stereocenters. The van der Waals surface area contributed by atoms with E-state index in [1.165, 1.54) is 11.8 Å². The quantitative estimate of drug-likeness (QED) is 0.329. The van der Waals surface area contributed by atoms with Crippen molar-refractivity contribution >= 4 is 67.1 Å². The maximum absolute atomic E-state index is 12.3. The van der Waals surface area contributed by atoms with Gasteiger partial charge >= 0.3 is 0 Å². The largest absolute Gasteiger partial charge is 0.327 e. The number of aryl methyl sites for hydroxylation is 1. The molecule has 4 rings (SSSR count). The zero-order valence-corrected chi connectivity index (χ0v) is 16.8. The normalized spacial score (nSPS) is 11.3. The second-order valence-electron chi connectivity index (χ2n) is 5.71. The lowest BCUT2D eigenvalue weighted by molar-refractivity contribution is 0.102. The van der Waals surface area contributed by atoms with Gasteiger partial charge in [0.15, 0.2) is 11.4 Å². The summed E-state index contributed by atoms with van der Waals surface area (Å²) in [5, 5.41) is 10.6. The van der Waals surface area contributed by atoms with Crippen LogP contribution in [0.25, 0.3) is 22.1 Å². The SMILES string of the molecule is Cn1c2ccc(Br)cc2c2nnc(SCC(=O)c3ccc(Cl)cc3)nc21. The van der Waals surface area contributed by atoms with Crippen molar-refractivity contribution in [2.24, 2.45) is 7.05 Å². The van der Waals surface area contributed by atoms with Crippen molar-refractivity contribution in [2.75, 3.05) is 5.75 Å². The number of nitrogens with zero attached hydrogens (tertiary/aromatic N) is 4. The van der Waals surface area contributed by atoms with Crippen LogP contribution in [-0.4, -0.2) is 31.3 Å². The van der Waals surface area contributed by atoms with Crippen LogP contribution in [0.2, 0.25) is 5.02 Å². The molecule has 0 aliphatic rings. The first kappa shape index (κ1) is 17.5. The Balaban J connectivity index is 1.61. The molecule has 5 nitrogen and oxygen atoms in total. The van der Waals surface area contributed by atoms with Gasteiger partial charge in [-0.05, 0) is 42.5 Å². The van der Waals surface area contributed by atoms with E-state index in [2.05, 4.69) is 31.1 Å². The minimum Gasteiger partial charge on any atom is -0.327 e. The van der Waals surface area contributed by atoms with Crippen LogP contribution in [0, 0.1) is 0 Å². The molecule has 0 saturated carbocycles. The molecule has 0 N–H and O–H groups in total. The number of aromatic nitrogens is 4. The Labute approximate surface area is 166 Å². The van der Waals surface area contributed by atoms with Gasteiger partial charge < -0.3 is 4.57 Å². The number of hydrogen-bond acceptors (Lipinski definition) is 5. The van der Waals surface area contributed by atoms with E-state index in [9.17, 15) is 4.79 Å². The molecule has 2 aromatic heterocycles. The van der Waals surface area contributed by atoms with Crippen LogP contribution in [-0.2, 0) is 7.05 Å². The van der Waals surface area contributed by atoms with E-state index >= 15 is 0 Å². The number of halogens is 2. The highest BCUT2D eigenvalue weighted by molar-refractivity contribution is 9.10. The van der Waals surface area contributed by atoms with Crippen LogP contribution < -0.4 is 0 Å². The lowest BCUT2D eigenvalue weighted by atomic mass is 10.1. The Kier molecular flexibility index (Phi) is 4.69. The van der Waals surface area contributed by atoms with Crippen LogP contribution in [0.15, 0.2) is 52.1 Å². The van der Waals surface area contributed by atoms with E-state index in [1.54, 1.807) is 24.3 Å². The Morgan fingerprint density at radius 1 is 1.19 bits per heavy atom. The second kappa shape index (κ2) is 6.98. The fraction of sp³-hybridized carbons (Fsp3) is 0.111. The van der Waals surface area contributed by atoms with E-state index in [4.69, 9.17) is 11.6 Å². The minimum atomic E-state index is -0.00339. The van der Waals surface area contributed by atoms with Crippen molar-refractivity contribution in [3.63, 3.8) is 0 Å². The van der Waals surface area contributed by atoms with E-state index in [0.29, 0.717) is 15.7 Å². The van der Waals surface area contributed by atoms with Crippen molar-refractivity contribution in [1.29, 1.82) is 0 Å². The third-order valence-electron chi connectivity index (χ3n) is 4.04. The standard InChI is InChI=1S/C18H12BrClN4OS/c1-24-14-7-4-11(19)8-13(14)16-17(24)21-18(23-22-16)26-9-15(25)10-2-5-12(20)6-3-10/h2-8H,9H2,1H3. The van der Waals surface area contributed by atoms with Crippen LogP contribution >= 0.6 is 39.3 Å². The van der Waals surface area contributed by atoms with Gasteiger partial charge in [0.2, 0.25) is 5.16 Å². The number of benzene rings is 2. The average Bonchev–Trinajstić information content (AvgIpc) is 2.92. The summed E-state index contributed by atoms with van der Waals surface area (Å²) in [7, 11) is 1.95. The number of carbonyl (C=O) groups excluding carboxylic acids is 1. The Morgan fingerprint density at radius 3 is 2.73 bits per heavy atom. The van der Waals surface area contributed by atoms with Crippen molar-refractivity contribution in [2.45, 2.75) is 5.16 Å². The average molecular weight is 448 g/mol. The fourth-order valence-corrected chi connectivity index (χ4v) is 3.89. The number of rotatable bonds is 4. The lowest BCUT2D eigenvalue weighted by Crippen LogP contribution is -2.03. The van der Waals surface area contributed by atoms with Crippen LogP contribution in [0.4, 0.5) is 0 Å². The maximum Gasteiger partial charge on any atom is 0.211 e. The van der Waals surface area contributed by atoms with Crippen LogP contribution in [0.1, 0.15) is 10.4 Å². The van der Waals surface area contributed by atoms with E-state index in [1.807, 2.05) is 29.8 Å². The number of carbonyl (C=O) groups is 1. The predicted molar refractivity (Wildman–Crippen MR) is 108 cm³/mol. The second-order valence-corrected chi connectivity index (χ2v) is 8.00. The third-order valence-corrected chi connectivity index (χ3v) is 5.62. The van der Waals surface area contributed by atoms with Gasteiger partial charge in [-0.15, -0.1) is 10.2 Å². The molecule has 0 amide bonds. The summed E-state index contributed by atoms with van der Waals surface area (Å²) in [5.74, 6) is 0.237. The van der Waals surface area contributed by atoms with Crippen molar-refractivity contribution in [1.82, 2.24) is 19.7 Å². The van der Waals surface area contributed by atoms with Gasteiger partial charge in [0.1, 0.15) is 5.52 Å². The number of Topliss-reactive ketones (excluding diaryl/α,β-unsaturated/α-hetero) is 1. The summed E-state index contributed by atoms with van der Waals surface area (Å²) in [6, 6.07) is 12.8. The van der Waals surface area contributed by atoms with Crippen molar-refractivity contribution in [3.05, 3.63) is 57.5 Å². The minimum absolute atomic E-state index is 0.00339. The summed E-state index contributed by atoms with van der Waals surface area (Å²) in [6.45, 7) is 0. The number of ketones is 1. The molecule has 8 heteroatoms. The first-order valence-electron chi connectivity index (χ1n) is 7.73. The zero-order chi connectivity index (χ0) is 18.3. The van der Waals surface area contributed by atoms with Crippen molar-refractivity contribution in [3.8, 4) is 0 Å². The van der Waals surface area contributed by atoms with Crippen LogP contribution in [0.3, 0.4) is 0 Å². The monoisotopic (exact) mass is 446 g/mol. The third kappa shape index (κ3) is 3.22. The first-order chi connectivity index (χ1) is 12.5. The van der Waals surface area contributed by atoms with Gasteiger partial charge in [-0.2, -0.15) is 0 Å². The van der Waals surface area contributed by atoms with E-state index < -0.39 is 0 Å². The smallest absolute Gasteiger partial charge is 0.211 e. The molecule has 26 heavy (non-hydrogen) atoms. The highest BCUT2D eigenvalue weighted by Gasteiger charge is 2.14. The highest BCUT2D eigenvalue weighted by Crippen LogP contribution is 2.28. The summed E-state index contributed by atoms with van der Waals surface area (Å²) < 4.78 is 2.96. The van der Waals surface area contributed by atoms with Gasteiger partial charge in [0.25, 0.3) is 0 Å². The molecule has 0 radical (unpaired) electrons. The topological polar surface area (TPSA) is 60.7 Å². The molecule has 0 aliphatic heterocycles. The molecule has 2 heterocycles.